The van der Waals surface area contributed by atoms with Gasteiger partial charge in [-0.15, -0.1) is 11.3 Å². The standard InChI is InChI=1S/C41H37N3O6S/c1-24-10-14-27(15-11-24)42-44-38(47)33-22-31-29(16-17-30-36(31)39(48)43(37(30)46)23-28-9-6-20-51-28)32(18-12-25-13-19-34(45)35(21-25)50-2)41(33,40(44)49)26-7-4-3-5-8-26/h3-16,18-21,30-33,36,42,45H,17,22-23H2,1-2H3/t30-,31+,32-,33-,36-,41-/m0/s1. The number of rotatable bonds is 8. The van der Waals surface area contributed by atoms with E-state index in [1.807, 2.05) is 97.3 Å². The van der Waals surface area contributed by atoms with Gasteiger partial charge in [0.25, 0.3) is 11.8 Å². The van der Waals surface area contributed by atoms with Crippen molar-refractivity contribution < 1.29 is 29.0 Å². The van der Waals surface area contributed by atoms with Crippen LogP contribution in [0, 0.1) is 36.5 Å². The van der Waals surface area contributed by atoms with Gasteiger partial charge in [-0.2, -0.15) is 5.01 Å². The molecule has 0 spiro atoms. The van der Waals surface area contributed by atoms with Crippen LogP contribution in [0.4, 0.5) is 5.69 Å². The van der Waals surface area contributed by atoms with Crippen molar-refractivity contribution in [3.8, 4) is 11.5 Å². The molecule has 0 bridgehead atoms. The fourth-order valence-corrected chi connectivity index (χ4v) is 9.47. The van der Waals surface area contributed by atoms with E-state index in [9.17, 15) is 19.5 Å². The summed E-state index contributed by atoms with van der Waals surface area (Å²) in [6, 6.07) is 25.8. The minimum absolute atomic E-state index is 0.000126. The van der Waals surface area contributed by atoms with Crippen molar-refractivity contribution in [1.82, 2.24) is 9.91 Å². The predicted octanol–water partition coefficient (Wildman–Crippen LogP) is 6.50. The fourth-order valence-electron chi connectivity index (χ4n) is 8.78. The Bertz CT molecular complexity index is 2090. The molecule has 3 fully saturated rings. The summed E-state index contributed by atoms with van der Waals surface area (Å²) in [6.07, 6.45) is 6.48. The second-order valence-electron chi connectivity index (χ2n) is 13.8. The number of fused-ring (bicyclic) bond motifs is 4. The highest BCUT2D eigenvalue weighted by molar-refractivity contribution is 7.09. The molecule has 3 heterocycles. The molecule has 0 radical (unpaired) electrons. The minimum Gasteiger partial charge on any atom is -0.504 e. The number of ether oxygens (including phenoxy) is 1. The number of nitrogens with zero attached hydrogens (tertiary/aromatic N) is 2. The fraction of sp³-hybridized carbons (Fsp3) is 0.268. The number of imide groups is 2. The normalized spacial score (nSPS) is 27.0. The van der Waals surface area contributed by atoms with E-state index in [1.54, 1.807) is 18.2 Å². The number of hydrogen-bond acceptors (Lipinski definition) is 8. The lowest BCUT2D eigenvalue weighted by Gasteiger charge is -2.49. The number of likely N-dealkylation sites (tertiary alicyclic amines) is 1. The maximum Gasteiger partial charge on any atom is 0.260 e. The zero-order valence-electron chi connectivity index (χ0n) is 28.2. The lowest BCUT2D eigenvalue weighted by Crippen LogP contribution is -2.54. The van der Waals surface area contributed by atoms with Gasteiger partial charge >= 0.3 is 0 Å². The Balaban J connectivity index is 1.27. The second kappa shape index (κ2) is 12.7. The largest absolute Gasteiger partial charge is 0.504 e. The van der Waals surface area contributed by atoms with Crippen LogP contribution in [-0.4, -0.2) is 45.8 Å². The number of aromatic hydroxyl groups is 1. The molecule has 10 heteroatoms. The number of hydrogen-bond donors (Lipinski definition) is 2. The first-order valence-corrected chi connectivity index (χ1v) is 18.0. The molecule has 0 unspecified atom stereocenters. The second-order valence-corrected chi connectivity index (χ2v) is 14.8. The molecular formula is C41H37N3O6S. The van der Waals surface area contributed by atoms with E-state index in [0.29, 0.717) is 23.4 Å². The molecule has 2 N–H and O–H groups in total. The lowest BCUT2D eigenvalue weighted by molar-refractivity contribution is -0.141. The average molecular weight is 700 g/mol. The van der Waals surface area contributed by atoms with Gasteiger partial charge in [0.05, 0.1) is 42.5 Å². The Morgan fingerprint density at radius 3 is 2.45 bits per heavy atom. The van der Waals surface area contributed by atoms with Gasteiger partial charge < -0.3 is 9.84 Å². The van der Waals surface area contributed by atoms with Crippen LogP contribution in [-0.2, 0) is 31.1 Å². The van der Waals surface area contributed by atoms with Gasteiger partial charge in [0.15, 0.2) is 11.5 Å². The summed E-state index contributed by atoms with van der Waals surface area (Å²) >= 11 is 1.50. The summed E-state index contributed by atoms with van der Waals surface area (Å²) in [5.41, 5.74) is 5.74. The number of thiophene rings is 1. The molecular weight excluding hydrogens is 663 g/mol. The molecule has 2 aliphatic carbocycles. The van der Waals surface area contributed by atoms with Crippen molar-refractivity contribution in [2.75, 3.05) is 12.5 Å². The zero-order valence-corrected chi connectivity index (χ0v) is 29.0. The number of benzene rings is 3. The molecule has 9 nitrogen and oxygen atoms in total. The SMILES string of the molecule is COc1cc(C=C[C@H]2C3=CC[C@@H]4C(=O)N(Cc5cccs5)C(=O)[C@@H]4[C@@H]3C[C@H]3C(=O)N(Nc4ccc(C)cc4)C(=O)[C@@]23c2ccccc2)ccc1O. The number of nitrogens with one attached hydrogen (secondary N) is 1. The van der Waals surface area contributed by atoms with Gasteiger partial charge in [-0.3, -0.25) is 29.5 Å². The van der Waals surface area contributed by atoms with Crippen LogP contribution in [0.2, 0.25) is 0 Å². The molecule has 2 saturated heterocycles. The van der Waals surface area contributed by atoms with Gasteiger partial charge in [0.2, 0.25) is 11.8 Å². The topological polar surface area (TPSA) is 116 Å². The van der Waals surface area contributed by atoms with Crippen molar-refractivity contribution in [2.45, 2.75) is 31.7 Å². The zero-order chi connectivity index (χ0) is 35.4. The molecule has 4 aliphatic rings. The Hall–Kier alpha value is -5.48. The molecule has 1 saturated carbocycles. The molecule has 8 rings (SSSR count). The third-order valence-electron chi connectivity index (χ3n) is 11.1. The van der Waals surface area contributed by atoms with E-state index in [2.05, 4.69) is 5.43 Å². The van der Waals surface area contributed by atoms with Gasteiger partial charge in [-0.1, -0.05) is 84.0 Å². The summed E-state index contributed by atoms with van der Waals surface area (Å²) in [5, 5.41) is 13.4. The van der Waals surface area contributed by atoms with Crippen LogP contribution < -0.4 is 10.2 Å². The van der Waals surface area contributed by atoms with Crippen molar-refractivity contribution in [3.05, 3.63) is 130 Å². The monoisotopic (exact) mass is 699 g/mol. The first-order valence-electron chi connectivity index (χ1n) is 17.1. The number of aryl methyl sites for hydroxylation is 1. The Labute approximate surface area is 299 Å². The summed E-state index contributed by atoms with van der Waals surface area (Å²) in [4.78, 5) is 60.3. The van der Waals surface area contributed by atoms with E-state index in [-0.39, 0.29) is 42.3 Å². The van der Waals surface area contributed by atoms with Crippen LogP contribution in [0.1, 0.15) is 34.4 Å². The number of methoxy groups -OCH3 is 1. The Morgan fingerprint density at radius 2 is 1.73 bits per heavy atom. The third kappa shape index (κ3) is 5.19. The first-order chi connectivity index (χ1) is 24.7. The molecule has 258 valence electrons. The average Bonchev–Trinajstić information content (AvgIpc) is 3.81. The van der Waals surface area contributed by atoms with Crippen LogP contribution >= 0.6 is 11.3 Å². The number of allylic oxidation sites excluding steroid dienone is 3. The highest BCUT2D eigenvalue weighted by Crippen LogP contribution is 2.61. The predicted molar refractivity (Wildman–Crippen MR) is 193 cm³/mol. The number of amides is 4. The van der Waals surface area contributed by atoms with E-state index in [1.165, 1.54) is 23.3 Å². The molecule has 6 atom stereocenters. The Morgan fingerprint density at radius 1 is 0.941 bits per heavy atom. The van der Waals surface area contributed by atoms with Crippen LogP contribution in [0.3, 0.4) is 0 Å². The van der Waals surface area contributed by atoms with Gasteiger partial charge in [-0.05, 0) is 72.5 Å². The van der Waals surface area contributed by atoms with Crippen LogP contribution in [0.15, 0.2) is 108 Å². The molecule has 4 amide bonds. The number of phenolic OH excluding ortho intramolecular Hbond substituents is 1. The van der Waals surface area contributed by atoms with Crippen LogP contribution in [0.25, 0.3) is 6.08 Å². The number of phenols is 1. The van der Waals surface area contributed by atoms with Gasteiger partial charge in [0.1, 0.15) is 0 Å². The molecule has 3 aromatic carbocycles. The molecule has 1 aromatic heterocycles. The number of carbonyl (C=O) groups is 4. The molecule has 4 aromatic rings. The van der Waals surface area contributed by atoms with E-state index in [4.69, 9.17) is 4.74 Å². The third-order valence-corrected chi connectivity index (χ3v) is 12.0. The first kappa shape index (κ1) is 32.7. The number of anilines is 1. The highest BCUT2D eigenvalue weighted by atomic mass is 32.1. The maximum atomic E-state index is 15.2. The molecule has 2 aliphatic heterocycles. The summed E-state index contributed by atoms with van der Waals surface area (Å²) < 4.78 is 5.37. The van der Waals surface area contributed by atoms with Crippen molar-refractivity contribution in [2.24, 2.45) is 29.6 Å². The number of carbonyl (C=O) groups excluding carboxylic acids is 4. The van der Waals surface area contributed by atoms with Crippen molar-refractivity contribution in [3.63, 3.8) is 0 Å². The Kier molecular flexibility index (Phi) is 8.14. The molecule has 51 heavy (non-hydrogen) atoms. The lowest BCUT2D eigenvalue weighted by atomic mass is 9.50. The highest BCUT2D eigenvalue weighted by Gasteiger charge is 2.69. The van der Waals surface area contributed by atoms with Crippen LogP contribution in [0.5, 0.6) is 11.5 Å². The quantitative estimate of drug-likeness (QED) is 0.159. The van der Waals surface area contributed by atoms with Gasteiger partial charge in [0, 0.05) is 10.8 Å². The van der Waals surface area contributed by atoms with Crippen molar-refractivity contribution in [1.29, 1.82) is 0 Å². The van der Waals surface area contributed by atoms with E-state index >= 15 is 4.79 Å². The maximum absolute atomic E-state index is 15.2. The number of hydrazine groups is 1. The summed E-state index contributed by atoms with van der Waals surface area (Å²) in [5.74, 6) is -3.93. The van der Waals surface area contributed by atoms with Gasteiger partial charge in [-0.25, -0.2) is 0 Å². The smallest absolute Gasteiger partial charge is 0.260 e. The van der Waals surface area contributed by atoms with E-state index in [0.717, 1.165) is 26.6 Å². The summed E-state index contributed by atoms with van der Waals surface area (Å²) in [7, 11) is 1.48. The summed E-state index contributed by atoms with van der Waals surface area (Å²) in [6.45, 7) is 2.19. The van der Waals surface area contributed by atoms with Crippen molar-refractivity contribution >= 4 is 46.7 Å². The minimum atomic E-state index is -1.34. The van der Waals surface area contributed by atoms with E-state index < -0.39 is 35.0 Å².